The van der Waals surface area contributed by atoms with Crippen molar-refractivity contribution in [1.29, 1.82) is 0 Å². The molecule has 1 aliphatic rings. The molecule has 1 aromatic carbocycles. The highest BCUT2D eigenvalue weighted by Gasteiger charge is 2.13. The Labute approximate surface area is 125 Å². The van der Waals surface area contributed by atoms with Crippen molar-refractivity contribution in [1.82, 2.24) is 4.90 Å². The van der Waals surface area contributed by atoms with Crippen LogP contribution in [0.1, 0.15) is 30.6 Å². The fourth-order valence-corrected chi connectivity index (χ4v) is 3.02. The zero-order chi connectivity index (χ0) is 14.5. The first-order valence-electron chi connectivity index (χ1n) is 7.88. The summed E-state index contributed by atoms with van der Waals surface area (Å²) >= 11 is 0. The number of fused-ring (bicyclic) bond motifs is 1. The van der Waals surface area contributed by atoms with Crippen molar-refractivity contribution in [2.45, 2.75) is 32.4 Å². The second kappa shape index (κ2) is 7.07. The van der Waals surface area contributed by atoms with Crippen molar-refractivity contribution >= 4 is 11.0 Å². The van der Waals surface area contributed by atoms with Crippen LogP contribution in [-0.4, -0.2) is 31.1 Å². The van der Waals surface area contributed by atoms with E-state index in [1.54, 1.807) is 0 Å². The number of likely N-dealkylation sites (tertiary alicyclic amines) is 1. The highest BCUT2D eigenvalue weighted by molar-refractivity contribution is 5.82. The topological polar surface area (TPSA) is 51.6 Å². The van der Waals surface area contributed by atoms with Crippen molar-refractivity contribution in [2.75, 3.05) is 26.2 Å². The Morgan fingerprint density at radius 1 is 1.14 bits per heavy atom. The van der Waals surface area contributed by atoms with Gasteiger partial charge in [-0.2, -0.15) is 0 Å². The lowest BCUT2D eigenvalue weighted by Gasteiger charge is -2.26. The lowest BCUT2D eigenvalue weighted by atomic mass is 10.1. The van der Waals surface area contributed by atoms with Gasteiger partial charge in [0.2, 0.25) is 0 Å². The van der Waals surface area contributed by atoms with E-state index >= 15 is 0 Å². The molecule has 4 heteroatoms. The number of ether oxygens (including phenoxy) is 1. The van der Waals surface area contributed by atoms with E-state index in [0.717, 1.165) is 35.4 Å². The van der Waals surface area contributed by atoms with Gasteiger partial charge in [-0.3, -0.25) is 0 Å². The predicted molar refractivity (Wildman–Crippen MR) is 84.1 cm³/mol. The standard InChI is InChI=1S/C17H24N2O2/c18-12-17-15(14-6-2-3-7-16(14)21-17)13-20-11-10-19-8-4-1-5-9-19/h2-3,6-7H,1,4-5,8-13,18H2. The maximum Gasteiger partial charge on any atom is 0.134 e. The molecule has 0 unspecified atom stereocenters. The van der Waals surface area contributed by atoms with E-state index in [1.807, 2.05) is 18.2 Å². The van der Waals surface area contributed by atoms with Gasteiger partial charge in [0.05, 0.1) is 19.8 Å². The lowest BCUT2D eigenvalue weighted by Crippen LogP contribution is -2.32. The van der Waals surface area contributed by atoms with E-state index in [2.05, 4.69) is 11.0 Å². The molecule has 0 amide bonds. The summed E-state index contributed by atoms with van der Waals surface area (Å²) in [5.41, 5.74) is 7.78. The first-order chi connectivity index (χ1) is 10.4. The van der Waals surface area contributed by atoms with Crippen LogP contribution in [0.15, 0.2) is 28.7 Å². The molecule has 3 rings (SSSR count). The average Bonchev–Trinajstić information content (AvgIpc) is 2.90. The minimum absolute atomic E-state index is 0.416. The number of nitrogens with zero attached hydrogens (tertiary/aromatic N) is 1. The van der Waals surface area contributed by atoms with E-state index in [-0.39, 0.29) is 0 Å². The molecular weight excluding hydrogens is 264 g/mol. The number of piperidine rings is 1. The van der Waals surface area contributed by atoms with Crippen molar-refractivity contribution < 1.29 is 9.15 Å². The van der Waals surface area contributed by atoms with Gasteiger partial charge in [0, 0.05) is 17.5 Å². The van der Waals surface area contributed by atoms with Gasteiger partial charge < -0.3 is 19.8 Å². The molecule has 0 bridgehead atoms. The number of rotatable bonds is 6. The van der Waals surface area contributed by atoms with Gasteiger partial charge in [-0.05, 0) is 32.0 Å². The Morgan fingerprint density at radius 2 is 1.95 bits per heavy atom. The number of nitrogens with two attached hydrogens (primary N) is 1. The summed E-state index contributed by atoms with van der Waals surface area (Å²) < 4.78 is 11.7. The smallest absolute Gasteiger partial charge is 0.134 e. The quantitative estimate of drug-likeness (QED) is 0.830. The molecule has 114 valence electrons. The molecule has 4 nitrogen and oxygen atoms in total. The van der Waals surface area contributed by atoms with E-state index in [9.17, 15) is 0 Å². The molecule has 2 heterocycles. The van der Waals surface area contributed by atoms with Crippen LogP contribution in [0.4, 0.5) is 0 Å². The normalized spacial score (nSPS) is 16.6. The van der Waals surface area contributed by atoms with Crippen LogP contribution in [0, 0.1) is 0 Å². The number of hydrogen-bond acceptors (Lipinski definition) is 4. The van der Waals surface area contributed by atoms with E-state index in [0.29, 0.717) is 13.2 Å². The first-order valence-corrected chi connectivity index (χ1v) is 7.88. The van der Waals surface area contributed by atoms with Crippen molar-refractivity contribution in [3.8, 4) is 0 Å². The molecular formula is C17H24N2O2. The molecule has 0 radical (unpaired) electrons. The second-order valence-electron chi connectivity index (χ2n) is 5.66. The third-order valence-electron chi connectivity index (χ3n) is 4.21. The number of benzene rings is 1. The zero-order valence-electron chi connectivity index (χ0n) is 12.5. The lowest BCUT2D eigenvalue weighted by molar-refractivity contribution is 0.0860. The minimum Gasteiger partial charge on any atom is -0.459 e. The molecule has 2 aromatic rings. The van der Waals surface area contributed by atoms with Crippen molar-refractivity contribution in [3.05, 3.63) is 35.6 Å². The first kappa shape index (κ1) is 14.6. The van der Waals surface area contributed by atoms with Crippen LogP contribution < -0.4 is 5.73 Å². The fraction of sp³-hybridized carbons (Fsp3) is 0.529. The van der Waals surface area contributed by atoms with Gasteiger partial charge in [0.25, 0.3) is 0 Å². The molecule has 0 aliphatic carbocycles. The van der Waals surface area contributed by atoms with Gasteiger partial charge >= 0.3 is 0 Å². The molecule has 1 aliphatic heterocycles. The van der Waals surface area contributed by atoms with Crippen LogP contribution >= 0.6 is 0 Å². The molecule has 1 aromatic heterocycles. The predicted octanol–water partition coefficient (Wildman–Crippen LogP) is 2.89. The van der Waals surface area contributed by atoms with Gasteiger partial charge in [-0.1, -0.05) is 24.6 Å². The number of hydrogen-bond donors (Lipinski definition) is 1. The largest absolute Gasteiger partial charge is 0.459 e. The summed E-state index contributed by atoms with van der Waals surface area (Å²) in [5, 5.41) is 1.12. The monoisotopic (exact) mass is 288 g/mol. The second-order valence-corrected chi connectivity index (χ2v) is 5.66. The van der Waals surface area contributed by atoms with Gasteiger partial charge in [0.1, 0.15) is 11.3 Å². The van der Waals surface area contributed by atoms with Crippen LogP contribution in [0.25, 0.3) is 11.0 Å². The van der Waals surface area contributed by atoms with E-state index in [1.165, 1.54) is 32.4 Å². The van der Waals surface area contributed by atoms with Gasteiger partial charge in [-0.25, -0.2) is 0 Å². The molecule has 0 atom stereocenters. The number of para-hydroxylation sites is 1. The third-order valence-corrected chi connectivity index (χ3v) is 4.21. The zero-order valence-corrected chi connectivity index (χ0v) is 12.5. The molecule has 1 fully saturated rings. The van der Waals surface area contributed by atoms with Crippen LogP contribution in [0.3, 0.4) is 0 Å². The maximum atomic E-state index is 5.87. The fourth-order valence-electron chi connectivity index (χ4n) is 3.02. The van der Waals surface area contributed by atoms with Crippen LogP contribution in [0.5, 0.6) is 0 Å². The Morgan fingerprint density at radius 3 is 2.76 bits per heavy atom. The summed E-state index contributed by atoms with van der Waals surface area (Å²) in [6.07, 6.45) is 4.02. The molecule has 0 saturated carbocycles. The summed E-state index contributed by atoms with van der Waals surface area (Å²) in [5.74, 6) is 0.842. The Balaban J connectivity index is 1.57. The van der Waals surface area contributed by atoms with Crippen molar-refractivity contribution in [2.24, 2.45) is 5.73 Å². The highest BCUT2D eigenvalue weighted by Crippen LogP contribution is 2.26. The minimum atomic E-state index is 0.416. The Hall–Kier alpha value is -1.36. The highest BCUT2D eigenvalue weighted by atomic mass is 16.5. The van der Waals surface area contributed by atoms with E-state index < -0.39 is 0 Å². The molecule has 0 spiro atoms. The Kier molecular flexibility index (Phi) is 4.91. The van der Waals surface area contributed by atoms with Crippen LogP contribution in [0.2, 0.25) is 0 Å². The summed E-state index contributed by atoms with van der Waals surface area (Å²) in [4.78, 5) is 2.49. The van der Waals surface area contributed by atoms with Crippen LogP contribution in [-0.2, 0) is 17.9 Å². The molecule has 21 heavy (non-hydrogen) atoms. The Bertz CT molecular complexity index is 573. The maximum absolute atomic E-state index is 5.87. The van der Waals surface area contributed by atoms with Gasteiger partial charge in [0.15, 0.2) is 0 Å². The molecule has 1 saturated heterocycles. The SMILES string of the molecule is NCc1oc2ccccc2c1COCCN1CCCCC1. The summed E-state index contributed by atoms with van der Waals surface area (Å²) in [6.45, 7) is 5.21. The van der Waals surface area contributed by atoms with E-state index in [4.69, 9.17) is 14.9 Å². The summed E-state index contributed by atoms with van der Waals surface area (Å²) in [6, 6.07) is 8.05. The third kappa shape index (κ3) is 3.46. The molecule has 2 N–H and O–H groups in total. The summed E-state index contributed by atoms with van der Waals surface area (Å²) in [7, 11) is 0. The number of furan rings is 1. The average molecular weight is 288 g/mol. The van der Waals surface area contributed by atoms with Crippen molar-refractivity contribution in [3.63, 3.8) is 0 Å². The van der Waals surface area contributed by atoms with Gasteiger partial charge in [-0.15, -0.1) is 0 Å².